The van der Waals surface area contributed by atoms with E-state index >= 15 is 0 Å². The van der Waals surface area contributed by atoms with Crippen molar-refractivity contribution in [1.29, 1.82) is 0 Å². The lowest BCUT2D eigenvalue weighted by atomic mass is 10.2. The molecule has 0 atom stereocenters. The smallest absolute Gasteiger partial charge is 0.322 e. The molecular formula is C22H30Cl2N4O2. The first-order chi connectivity index (χ1) is 14.1. The summed E-state index contributed by atoms with van der Waals surface area (Å²) in [6, 6.07) is 8.40. The average Bonchev–Trinajstić information content (AvgIpc) is 3.06. The summed E-state index contributed by atoms with van der Waals surface area (Å²) in [5.74, 6) is 0.201. The summed E-state index contributed by atoms with van der Waals surface area (Å²) in [6.07, 6.45) is 1.95. The predicted molar refractivity (Wildman–Crippen MR) is 123 cm³/mol. The topological polar surface area (TPSA) is 57.6 Å². The van der Waals surface area contributed by atoms with Crippen LogP contribution in [0.15, 0.2) is 36.5 Å². The van der Waals surface area contributed by atoms with E-state index in [-0.39, 0.29) is 23.5 Å². The van der Waals surface area contributed by atoms with Gasteiger partial charge in [-0.15, -0.1) is 0 Å². The first-order valence-corrected chi connectivity index (χ1v) is 10.7. The molecule has 2 rings (SSSR count). The Morgan fingerprint density at radius 2 is 1.80 bits per heavy atom. The summed E-state index contributed by atoms with van der Waals surface area (Å²) in [6.45, 7) is 8.95. The van der Waals surface area contributed by atoms with Crippen LogP contribution in [0.1, 0.15) is 33.4 Å². The number of rotatable bonds is 8. The summed E-state index contributed by atoms with van der Waals surface area (Å²) in [5, 5.41) is 3.39. The van der Waals surface area contributed by atoms with Crippen LogP contribution in [0.5, 0.6) is 0 Å². The second kappa shape index (κ2) is 10.7. The van der Waals surface area contributed by atoms with E-state index in [1.807, 2.05) is 43.8 Å². The van der Waals surface area contributed by atoms with Gasteiger partial charge < -0.3 is 19.7 Å². The van der Waals surface area contributed by atoms with Gasteiger partial charge in [0.25, 0.3) is 0 Å². The van der Waals surface area contributed by atoms with Crippen molar-refractivity contribution in [2.75, 3.05) is 18.4 Å². The molecule has 1 aromatic carbocycles. The Hall–Kier alpha value is -2.18. The lowest BCUT2D eigenvalue weighted by Crippen LogP contribution is -2.48. The molecule has 30 heavy (non-hydrogen) atoms. The van der Waals surface area contributed by atoms with Gasteiger partial charge in [-0.1, -0.05) is 43.1 Å². The van der Waals surface area contributed by atoms with Gasteiger partial charge in [0.2, 0.25) is 5.91 Å². The molecule has 3 amide bonds. The number of benzene rings is 1. The number of aromatic nitrogens is 1. The maximum Gasteiger partial charge on any atom is 0.322 e. The zero-order valence-corrected chi connectivity index (χ0v) is 19.7. The molecule has 1 heterocycles. The van der Waals surface area contributed by atoms with Crippen molar-refractivity contribution >= 4 is 40.8 Å². The minimum Gasteiger partial charge on any atom is -0.353 e. The predicted octanol–water partition coefficient (Wildman–Crippen LogP) is 5.26. The molecule has 0 saturated carbocycles. The first kappa shape index (κ1) is 24.1. The summed E-state index contributed by atoms with van der Waals surface area (Å²) >= 11 is 12.2. The Bertz CT molecular complexity index is 880. The van der Waals surface area contributed by atoms with Crippen molar-refractivity contribution in [3.63, 3.8) is 0 Å². The van der Waals surface area contributed by atoms with Crippen LogP contribution in [0.4, 0.5) is 10.5 Å². The van der Waals surface area contributed by atoms with Crippen molar-refractivity contribution in [2.45, 2.75) is 40.3 Å². The number of halogens is 2. The molecule has 8 heteroatoms. The number of amides is 3. The largest absolute Gasteiger partial charge is 0.353 e. The second-order valence-corrected chi connectivity index (χ2v) is 8.82. The minimum absolute atomic E-state index is 0.0289. The standard InChI is InChI=1S/C22H30Cl2N4O2/c1-15(2)12-27(13-17-8-7-11-26(17)5)20(29)14-28(16(3)4)22(30)25-19-10-6-9-18(23)21(19)24/h6-11,15-16H,12-14H2,1-5H3,(H,25,30). The number of nitrogens with zero attached hydrogens (tertiary/aromatic N) is 3. The molecule has 0 bridgehead atoms. The van der Waals surface area contributed by atoms with E-state index in [4.69, 9.17) is 23.2 Å². The molecule has 1 N–H and O–H groups in total. The molecule has 164 valence electrons. The van der Waals surface area contributed by atoms with Crippen molar-refractivity contribution in [2.24, 2.45) is 13.0 Å². The molecule has 0 fully saturated rings. The van der Waals surface area contributed by atoms with Crippen LogP contribution in [-0.4, -0.2) is 45.4 Å². The van der Waals surface area contributed by atoms with E-state index in [0.29, 0.717) is 29.7 Å². The molecule has 0 spiro atoms. The Morgan fingerprint density at radius 3 is 2.37 bits per heavy atom. The van der Waals surface area contributed by atoms with Crippen LogP contribution in [0, 0.1) is 5.92 Å². The summed E-state index contributed by atoms with van der Waals surface area (Å²) in [4.78, 5) is 29.4. The highest BCUT2D eigenvalue weighted by Gasteiger charge is 2.25. The number of hydrogen-bond acceptors (Lipinski definition) is 2. The maximum absolute atomic E-state index is 13.2. The van der Waals surface area contributed by atoms with E-state index < -0.39 is 6.03 Å². The molecule has 0 unspecified atom stereocenters. The summed E-state index contributed by atoms with van der Waals surface area (Å²) in [5.41, 5.74) is 1.45. The first-order valence-electron chi connectivity index (χ1n) is 9.99. The summed E-state index contributed by atoms with van der Waals surface area (Å²) < 4.78 is 1.99. The third-order valence-corrected chi connectivity index (χ3v) is 5.54. The number of aryl methyl sites for hydroxylation is 1. The average molecular weight is 453 g/mol. The van der Waals surface area contributed by atoms with Crippen LogP contribution in [-0.2, 0) is 18.4 Å². The van der Waals surface area contributed by atoms with Crippen LogP contribution < -0.4 is 5.32 Å². The highest BCUT2D eigenvalue weighted by molar-refractivity contribution is 6.43. The van der Waals surface area contributed by atoms with Crippen molar-refractivity contribution in [3.8, 4) is 0 Å². The zero-order valence-electron chi connectivity index (χ0n) is 18.2. The number of carbonyl (C=O) groups excluding carboxylic acids is 2. The van der Waals surface area contributed by atoms with Gasteiger partial charge >= 0.3 is 6.03 Å². The fourth-order valence-corrected chi connectivity index (χ4v) is 3.42. The number of carbonyl (C=O) groups is 2. The maximum atomic E-state index is 13.2. The van der Waals surface area contributed by atoms with Crippen LogP contribution >= 0.6 is 23.2 Å². The van der Waals surface area contributed by atoms with Crippen LogP contribution in [0.25, 0.3) is 0 Å². The quantitative estimate of drug-likeness (QED) is 0.593. The van der Waals surface area contributed by atoms with Crippen molar-refractivity contribution in [3.05, 3.63) is 52.3 Å². The molecule has 2 aromatic rings. The van der Waals surface area contributed by atoms with E-state index in [2.05, 4.69) is 19.2 Å². The number of urea groups is 1. The van der Waals surface area contributed by atoms with Gasteiger partial charge in [0.15, 0.2) is 0 Å². The van der Waals surface area contributed by atoms with Gasteiger partial charge in [-0.25, -0.2) is 4.79 Å². The zero-order chi connectivity index (χ0) is 22.4. The normalized spacial score (nSPS) is 11.1. The number of nitrogens with one attached hydrogen (secondary N) is 1. The van der Waals surface area contributed by atoms with Crippen LogP contribution in [0.2, 0.25) is 10.0 Å². The lowest BCUT2D eigenvalue weighted by molar-refractivity contribution is -0.133. The Kier molecular flexibility index (Phi) is 8.62. The molecular weight excluding hydrogens is 423 g/mol. The summed E-state index contributed by atoms with van der Waals surface area (Å²) in [7, 11) is 1.95. The lowest BCUT2D eigenvalue weighted by Gasteiger charge is -2.31. The van der Waals surface area contributed by atoms with Gasteiger partial charge in [-0.2, -0.15) is 0 Å². The fourth-order valence-electron chi connectivity index (χ4n) is 3.07. The van der Waals surface area contributed by atoms with E-state index in [1.54, 1.807) is 23.1 Å². The van der Waals surface area contributed by atoms with E-state index in [1.165, 1.54) is 4.90 Å². The van der Waals surface area contributed by atoms with Crippen molar-refractivity contribution in [1.82, 2.24) is 14.4 Å². The van der Waals surface area contributed by atoms with Gasteiger partial charge in [-0.3, -0.25) is 4.79 Å². The SMILES string of the molecule is CC(C)CN(Cc1cccn1C)C(=O)CN(C(=O)Nc1cccc(Cl)c1Cl)C(C)C. The molecule has 0 aliphatic rings. The van der Waals surface area contributed by atoms with E-state index in [9.17, 15) is 9.59 Å². The molecule has 0 aliphatic heterocycles. The van der Waals surface area contributed by atoms with Gasteiger partial charge in [0.1, 0.15) is 6.54 Å². The Labute approximate surface area is 188 Å². The Morgan fingerprint density at radius 1 is 1.10 bits per heavy atom. The number of hydrogen-bond donors (Lipinski definition) is 1. The van der Waals surface area contributed by atoms with Gasteiger partial charge in [-0.05, 0) is 44.0 Å². The Balaban J connectivity index is 2.15. The third-order valence-electron chi connectivity index (χ3n) is 4.73. The van der Waals surface area contributed by atoms with Crippen LogP contribution in [0.3, 0.4) is 0 Å². The van der Waals surface area contributed by atoms with Crippen molar-refractivity contribution < 1.29 is 9.59 Å². The van der Waals surface area contributed by atoms with Gasteiger partial charge in [0, 0.05) is 31.5 Å². The molecule has 0 aliphatic carbocycles. The monoisotopic (exact) mass is 452 g/mol. The molecule has 0 radical (unpaired) electrons. The number of anilines is 1. The van der Waals surface area contributed by atoms with E-state index in [0.717, 1.165) is 5.69 Å². The molecule has 0 saturated heterocycles. The second-order valence-electron chi connectivity index (χ2n) is 8.03. The third kappa shape index (κ3) is 6.41. The molecule has 1 aromatic heterocycles. The minimum atomic E-state index is -0.397. The highest BCUT2D eigenvalue weighted by Crippen LogP contribution is 2.29. The molecule has 6 nitrogen and oxygen atoms in total. The fraction of sp³-hybridized carbons (Fsp3) is 0.455. The van der Waals surface area contributed by atoms with Gasteiger partial charge in [0.05, 0.1) is 22.3 Å². The highest BCUT2D eigenvalue weighted by atomic mass is 35.5.